The monoisotopic (exact) mass is 517 g/mol. The van der Waals surface area contributed by atoms with E-state index in [2.05, 4.69) is 96.0 Å². The van der Waals surface area contributed by atoms with Crippen LogP contribution in [0.1, 0.15) is 54.9 Å². The zero-order valence-corrected chi connectivity index (χ0v) is 21.9. The van der Waals surface area contributed by atoms with Gasteiger partial charge in [0.2, 0.25) is 0 Å². The number of hydrogen-bond acceptors (Lipinski definition) is 3. The number of aromatic nitrogens is 1. The van der Waals surface area contributed by atoms with Gasteiger partial charge in [-0.3, -0.25) is 14.6 Å². The summed E-state index contributed by atoms with van der Waals surface area (Å²) in [5.41, 5.74) is 6.33. The molecule has 0 aliphatic heterocycles. The Labute approximate surface area is 233 Å². The van der Waals surface area contributed by atoms with Crippen LogP contribution in [0.2, 0.25) is 0 Å². The van der Waals surface area contributed by atoms with Gasteiger partial charge in [0.1, 0.15) is 5.92 Å². The smallest absolute Gasteiger partial charge is 0.180 e. The normalized spacial score (nSPS) is 12.7. The van der Waals surface area contributed by atoms with Crippen molar-refractivity contribution in [3.63, 3.8) is 0 Å². The number of rotatable bonds is 4. The Balaban J connectivity index is 0.000000145. The molecule has 7 rings (SSSR count). The molecule has 3 nitrogen and oxygen atoms in total. The lowest BCUT2D eigenvalue weighted by atomic mass is 9.85. The third kappa shape index (κ3) is 4.97. The third-order valence-corrected chi connectivity index (χ3v) is 7.30. The average Bonchev–Trinajstić information content (AvgIpc) is 3.28. The molecule has 0 radical (unpaired) electrons. The standard InChI is InChI=1S/C19H16.C18H11NO2/c1-4-10-16(11-5-1)19(17-12-6-2-7-13-17)18-14-8-3-9-15-18;20-17-12-6-2-3-7-13(12)18(21)16(17)15-10-9-11-5-1-4-8-14(11)19-15/h1-15,19H;1-10,16H. The summed E-state index contributed by atoms with van der Waals surface area (Å²) >= 11 is 0. The molecule has 0 fully saturated rings. The zero-order chi connectivity index (χ0) is 27.3. The molecule has 0 atom stereocenters. The van der Waals surface area contributed by atoms with E-state index < -0.39 is 5.92 Å². The average molecular weight is 518 g/mol. The van der Waals surface area contributed by atoms with Crippen molar-refractivity contribution >= 4 is 22.5 Å². The van der Waals surface area contributed by atoms with Gasteiger partial charge in [-0.15, -0.1) is 0 Å². The number of carbonyl (C=O) groups excluding carboxylic acids is 2. The Morgan fingerprint density at radius 2 is 0.875 bits per heavy atom. The molecule has 0 spiro atoms. The predicted molar refractivity (Wildman–Crippen MR) is 160 cm³/mol. The minimum absolute atomic E-state index is 0.154. The predicted octanol–water partition coefficient (Wildman–Crippen LogP) is 8.26. The first-order valence-electron chi connectivity index (χ1n) is 13.4. The molecule has 1 aliphatic carbocycles. The lowest BCUT2D eigenvalue weighted by Crippen LogP contribution is -2.14. The maximum absolute atomic E-state index is 12.5. The summed E-state index contributed by atoms with van der Waals surface area (Å²) in [6.07, 6.45) is 0. The highest BCUT2D eigenvalue weighted by molar-refractivity contribution is 6.29. The van der Waals surface area contributed by atoms with Gasteiger partial charge in [0.15, 0.2) is 11.6 Å². The first-order chi connectivity index (χ1) is 19.7. The van der Waals surface area contributed by atoms with Crippen LogP contribution in [0.25, 0.3) is 10.9 Å². The van der Waals surface area contributed by atoms with Crippen molar-refractivity contribution in [2.45, 2.75) is 11.8 Å². The van der Waals surface area contributed by atoms with Gasteiger partial charge in [0, 0.05) is 22.4 Å². The van der Waals surface area contributed by atoms with Gasteiger partial charge in [-0.05, 0) is 28.8 Å². The molecule has 192 valence electrons. The van der Waals surface area contributed by atoms with Crippen LogP contribution in [-0.4, -0.2) is 16.6 Å². The van der Waals surface area contributed by atoms with Crippen LogP contribution in [0.5, 0.6) is 0 Å². The number of ketones is 2. The molecule has 0 unspecified atom stereocenters. The zero-order valence-electron chi connectivity index (χ0n) is 21.9. The summed E-state index contributed by atoms with van der Waals surface area (Å²) in [4.78, 5) is 29.5. The first kappa shape index (κ1) is 25.1. The molecule has 1 aromatic heterocycles. The van der Waals surface area contributed by atoms with Crippen molar-refractivity contribution < 1.29 is 9.59 Å². The van der Waals surface area contributed by atoms with Crippen LogP contribution < -0.4 is 0 Å². The van der Waals surface area contributed by atoms with Crippen LogP contribution in [-0.2, 0) is 0 Å². The number of fused-ring (bicyclic) bond motifs is 2. The molecule has 1 heterocycles. The second-order valence-corrected chi connectivity index (χ2v) is 9.80. The summed E-state index contributed by atoms with van der Waals surface area (Å²) < 4.78 is 0. The van der Waals surface area contributed by atoms with Crippen LogP contribution in [0.3, 0.4) is 0 Å². The summed E-state index contributed by atoms with van der Waals surface area (Å²) in [5.74, 6) is -0.799. The topological polar surface area (TPSA) is 47.0 Å². The maximum atomic E-state index is 12.5. The number of nitrogens with zero attached hydrogens (tertiary/aromatic N) is 1. The number of benzene rings is 5. The summed E-state index contributed by atoms with van der Waals surface area (Å²) in [7, 11) is 0. The van der Waals surface area contributed by atoms with Gasteiger partial charge in [0.05, 0.1) is 11.2 Å². The van der Waals surface area contributed by atoms with Crippen molar-refractivity contribution in [3.8, 4) is 0 Å². The fourth-order valence-electron chi connectivity index (χ4n) is 5.37. The van der Waals surface area contributed by atoms with E-state index in [1.54, 1.807) is 30.3 Å². The Hall–Kier alpha value is -5.15. The molecule has 0 saturated carbocycles. The number of hydrogen-bond donors (Lipinski definition) is 0. The van der Waals surface area contributed by atoms with Gasteiger partial charge in [-0.25, -0.2) is 0 Å². The lowest BCUT2D eigenvalue weighted by molar-refractivity contribution is 0.0888. The number of pyridine rings is 1. The number of carbonyl (C=O) groups is 2. The van der Waals surface area contributed by atoms with Crippen molar-refractivity contribution in [1.82, 2.24) is 4.98 Å². The highest BCUT2D eigenvalue weighted by Crippen LogP contribution is 2.34. The molecular weight excluding hydrogens is 490 g/mol. The minimum atomic E-state index is -0.799. The van der Waals surface area contributed by atoms with Crippen molar-refractivity contribution in [1.29, 1.82) is 0 Å². The van der Waals surface area contributed by atoms with Gasteiger partial charge in [-0.1, -0.05) is 140 Å². The van der Waals surface area contributed by atoms with E-state index in [0.29, 0.717) is 22.7 Å². The lowest BCUT2D eigenvalue weighted by Gasteiger charge is -2.18. The number of para-hydroxylation sites is 1. The summed E-state index contributed by atoms with van der Waals surface area (Å²) in [5, 5.41) is 0.997. The molecule has 0 N–H and O–H groups in total. The molecule has 0 saturated heterocycles. The molecular formula is C37H27NO2. The summed E-state index contributed by atoms with van der Waals surface area (Å²) in [6, 6.07) is 50.3. The molecule has 3 heteroatoms. The van der Waals surface area contributed by atoms with E-state index in [4.69, 9.17) is 0 Å². The van der Waals surface area contributed by atoms with E-state index in [9.17, 15) is 9.59 Å². The Kier molecular flexibility index (Phi) is 7.11. The van der Waals surface area contributed by atoms with Crippen LogP contribution in [0.15, 0.2) is 152 Å². The van der Waals surface area contributed by atoms with Gasteiger partial charge >= 0.3 is 0 Å². The Morgan fingerprint density at radius 1 is 0.450 bits per heavy atom. The van der Waals surface area contributed by atoms with Crippen molar-refractivity contribution in [2.24, 2.45) is 0 Å². The number of Topliss-reactive ketones (excluding diaryl/α,β-unsaturated/α-hetero) is 2. The SMILES string of the molecule is O=C1c2ccccc2C(=O)C1c1ccc2ccccc2n1.c1ccc(C(c2ccccc2)c2ccccc2)cc1. The molecule has 0 bridgehead atoms. The van der Waals surface area contributed by atoms with Gasteiger partial charge in [0.25, 0.3) is 0 Å². The second kappa shape index (κ2) is 11.3. The van der Waals surface area contributed by atoms with Gasteiger partial charge in [-0.2, -0.15) is 0 Å². The first-order valence-corrected chi connectivity index (χ1v) is 13.4. The largest absolute Gasteiger partial charge is 0.293 e. The second-order valence-electron chi connectivity index (χ2n) is 9.80. The van der Waals surface area contributed by atoms with Crippen LogP contribution in [0.4, 0.5) is 0 Å². The van der Waals surface area contributed by atoms with Gasteiger partial charge < -0.3 is 0 Å². The quantitative estimate of drug-likeness (QED) is 0.175. The summed E-state index contributed by atoms with van der Waals surface area (Å²) in [6.45, 7) is 0. The molecule has 1 aliphatic rings. The highest BCUT2D eigenvalue weighted by atomic mass is 16.2. The van der Waals surface area contributed by atoms with E-state index >= 15 is 0 Å². The molecule has 5 aromatic carbocycles. The van der Waals surface area contributed by atoms with Crippen molar-refractivity contribution in [2.75, 3.05) is 0 Å². The van der Waals surface area contributed by atoms with E-state index in [1.165, 1.54) is 16.7 Å². The van der Waals surface area contributed by atoms with E-state index in [0.717, 1.165) is 10.9 Å². The van der Waals surface area contributed by atoms with Crippen molar-refractivity contribution in [3.05, 3.63) is 185 Å². The highest BCUT2D eigenvalue weighted by Gasteiger charge is 2.40. The third-order valence-electron chi connectivity index (χ3n) is 7.30. The van der Waals surface area contributed by atoms with E-state index in [1.807, 2.05) is 30.3 Å². The fraction of sp³-hybridized carbons (Fsp3) is 0.0541. The Morgan fingerprint density at radius 3 is 1.38 bits per heavy atom. The molecule has 0 amide bonds. The van der Waals surface area contributed by atoms with E-state index in [-0.39, 0.29) is 11.6 Å². The molecule has 40 heavy (non-hydrogen) atoms. The van der Waals surface area contributed by atoms with Crippen LogP contribution >= 0.6 is 0 Å². The molecule has 6 aromatic rings. The Bertz CT molecular complexity index is 1650. The maximum Gasteiger partial charge on any atom is 0.180 e. The minimum Gasteiger partial charge on any atom is -0.293 e. The van der Waals surface area contributed by atoms with Crippen LogP contribution in [0, 0.1) is 0 Å². The fourth-order valence-corrected chi connectivity index (χ4v) is 5.37.